The number of terminal acetylenes is 1. The standard InChI is InChI=1S/C35H42O4/c1-3-32(36)35(37)17-16-31-29-14-10-25-20-27(39-19-18-38-26-11-12-26)13-15-28(25)33(29)30(21-34(31,35)2)24-8-6-23(7-9-24)22-4-5-22/h1,6-9,13,15,20,22,26,29-33,36-37H,4-5,10-12,14,16-19,21H2,2H3/t29-,30+,31-,32?,33?,34-,35+/m0/s1. The summed E-state index contributed by atoms with van der Waals surface area (Å²) < 4.78 is 11.8. The number of aryl methyl sites for hydroxylation is 1. The minimum absolute atomic E-state index is 0.261. The summed E-state index contributed by atoms with van der Waals surface area (Å²) in [5.74, 6) is 5.59. The molecular formula is C35H42O4. The molecule has 7 rings (SSSR count). The predicted molar refractivity (Wildman–Crippen MR) is 152 cm³/mol. The fraction of sp³-hybridized carbons (Fsp3) is 0.600. The average molecular weight is 527 g/mol. The Morgan fingerprint density at radius 3 is 2.49 bits per heavy atom. The number of rotatable bonds is 8. The van der Waals surface area contributed by atoms with E-state index in [1.165, 1.54) is 47.9 Å². The van der Waals surface area contributed by atoms with E-state index in [2.05, 4.69) is 55.3 Å². The summed E-state index contributed by atoms with van der Waals surface area (Å²) in [6, 6.07) is 16.1. The molecule has 5 aliphatic carbocycles. The second-order valence-electron chi connectivity index (χ2n) is 13.3. The van der Waals surface area contributed by atoms with Crippen molar-refractivity contribution in [2.45, 2.75) is 100 Å². The van der Waals surface area contributed by atoms with Crippen LogP contribution in [0.1, 0.15) is 98.3 Å². The van der Waals surface area contributed by atoms with Crippen molar-refractivity contribution in [3.05, 3.63) is 64.7 Å². The summed E-state index contributed by atoms with van der Waals surface area (Å²) >= 11 is 0. The molecule has 0 heterocycles. The zero-order chi connectivity index (χ0) is 26.8. The zero-order valence-corrected chi connectivity index (χ0v) is 23.1. The smallest absolute Gasteiger partial charge is 0.143 e. The van der Waals surface area contributed by atoms with Gasteiger partial charge in [-0.25, -0.2) is 0 Å². The van der Waals surface area contributed by atoms with E-state index in [0.29, 0.717) is 43.5 Å². The summed E-state index contributed by atoms with van der Waals surface area (Å²) in [6.07, 6.45) is 14.4. The van der Waals surface area contributed by atoms with E-state index in [1.807, 2.05) is 0 Å². The van der Waals surface area contributed by atoms with E-state index >= 15 is 0 Å². The third-order valence-electron chi connectivity index (χ3n) is 11.2. The van der Waals surface area contributed by atoms with Gasteiger partial charge < -0.3 is 19.7 Å². The van der Waals surface area contributed by atoms with E-state index in [9.17, 15) is 10.2 Å². The van der Waals surface area contributed by atoms with Crippen molar-refractivity contribution in [3.63, 3.8) is 0 Å². The maximum atomic E-state index is 11.9. The molecule has 2 aromatic rings. The Balaban J connectivity index is 1.22. The highest BCUT2D eigenvalue weighted by atomic mass is 16.5. The topological polar surface area (TPSA) is 58.9 Å². The molecule has 2 aromatic carbocycles. The highest BCUT2D eigenvalue weighted by molar-refractivity contribution is 5.44. The van der Waals surface area contributed by atoms with Crippen LogP contribution in [0.2, 0.25) is 0 Å². The second kappa shape index (κ2) is 9.65. The van der Waals surface area contributed by atoms with E-state index in [4.69, 9.17) is 15.9 Å². The van der Waals surface area contributed by atoms with E-state index in [0.717, 1.165) is 37.4 Å². The average Bonchev–Trinajstić information content (AvgIpc) is 3.89. The lowest BCUT2D eigenvalue weighted by Crippen LogP contribution is -2.57. The van der Waals surface area contributed by atoms with Crippen LogP contribution in [0.25, 0.3) is 0 Å². The van der Waals surface area contributed by atoms with Gasteiger partial charge in [-0.2, -0.15) is 0 Å². The summed E-state index contributed by atoms with van der Waals surface area (Å²) in [4.78, 5) is 0. The Morgan fingerprint density at radius 2 is 1.77 bits per heavy atom. The minimum Gasteiger partial charge on any atom is -0.491 e. The molecule has 2 N–H and O–H groups in total. The van der Waals surface area contributed by atoms with Crippen molar-refractivity contribution >= 4 is 0 Å². The number of aliphatic hydroxyl groups excluding tert-OH is 1. The minimum atomic E-state index is -1.25. The van der Waals surface area contributed by atoms with Crippen LogP contribution in [0.4, 0.5) is 0 Å². The lowest BCUT2D eigenvalue weighted by molar-refractivity contribution is -0.151. The van der Waals surface area contributed by atoms with Gasteiger partial charge in [0.1, 0.15) is 24.1 Å². The van der Waals surface area contributed by atoms with Crippen molar-refractivity contribution < 1.29 is 19.7 Å². The Morgan fingerprint density at radius 1 is 1.00 bits per heavy atom. The summed E-state index contributed by atoms with van der Waals surface area (Å²) in [6.45, 7) is 3.45. The molecule has 0 amide bonds. The third kappa shape index (κ3) is 4.33. The van der Waals surface area contributed by atoms with Crippen LogP contribution in [-0.4, -0.2) is 41.2 Å². The molecule has 4 saturated carbocycles. The van der Waals surface area contributed by atoms with Gasteiger partial charge in [-0.15, -0.1) is 6.42 Å². The molecule has 0 radical (unpaired) electrons. The van der Waals surface area contributed by atoms with E-state index in [-0.39, 0.29) is 5.92 Å². The largest absolute Gasteiger partial charge is 0.491 e. The molecule has 0 saturated heterocycles. The molecule has 0 bridgehead atoms. The molecule has 4 heteroatoms. The first-order valence-corrected chi connectivity index (χ1v) is 15.2. The molecule has 0 aromatic heterocycles. The van der Waals surface area contributed by atoms with Gasteiger partial charge in [-0.05, 0) is 122 Å². The summed E-state index contributed by atoms with van der Waals surface area (Å²) in [5, 5.41) is 22.8. The molecule has 39 heavy (non-hydrogen) atoms. The quantitative estimate of drug-likeness (QED) is 0.323. The Hall–Kier alpha value is -2.32. The van der Waals surface area contributed by atoms with Crippen LogP contribution < -0.4 is 4.74 Å². The molecule has 2 unspecified atom stereocenters. The number of benzene rings is 2. The highest BCUT2D eigenvalue weighted by Gasteiger charge is 2.65. The Labute approximate surface area is 233 Å². The monoisotopic (exact) mass is 526 g/mol. The van der Waals surface area contributed by atoms with Crippen molar-refractivity contribution in [3.8, 4) is 18.1 Å². The fourth-order valence-electron chi connectivity index (χ4n) is 8.76. The fourth-order valence-corrected chi connectivity index (χ4v) is 8.76. The van der Waals surface area contributed by atoms with Gasteiger partial charge in [0.05, 0.1) is 12.7 Å². The Bertz CT molecular complexity index is 1250. The molecule has 206 valence electrons. The van der Waals surface area contributed by atoms with Gasteiger partial charge in [0, 0.05) is 5.41 Å². The number of ether oxygens (including phenoxy) is 2. The molecular weight excluding hydrogens is 484 g/mol. The van der Waals surface area contributed by atoms with E-state index in [1.54, 1.807) is 0 Å². The van der Waals surface area contributed by atoms with Crippen molar-refractivity contribution in [1.29, 1.82) is 0 Å². The molecule has 5 aliphatic rings. The van der Waals surface area contributed by atoms with Gasteiger partial charge in [0.25, 0.3) is 0 Å². The summed E-state index contributed by atoms with van der Waals surface area (Å²) in [5.41, 5.74) is 3.97. The van der Waals surface area contributed by atoms with Crippen LogP contribution in [0.5, 0.6) is 5.75 Å². The van der Waals surface area contributed by atoms with Gasteiger partial charge in [0.15, 0.2) is 0 Å². The zero-order valence-electron chi connectivity index (χ0n) is 23.1. The van der Waals surface area contributed by atoms with Gasteiger partial charge >= 0.3 is 0 Å². The first-order chi connectivity index (χ1) is 18.9. The maximum absolute atomic E-state index is 11.9. The summed E-state index contributed by atoms with van der Waals surface area (Å²) in [7, 11) is 0. The molecule has 0 spiro atoms. The first kappa shape index (κ1) is 25.6. The molecule has 4 nitrogen and oxygen atoms in total. The van der Waals surface area contributed by atoms with E-state index < -0.39 is 17.1 Å². The van der Waals surface area contributed by atoms with Gasteiger partial charge in [-0.1, -0.05) is 43.2 Å². The lowest BCUT2D eigenvalue weighted by Gasteiger charge is -2.57. The normalized spacial score (nSPS) is 35.8. The third-order valence-corrected chi connectivity index (χ3v) is 11.2. The van der Waals surface area contributed by atoms with Crippen LogP contribution in [-0.2, 0) is 11.2 Å². The van der Waals surface area contributed by atoms with Crippen LogP contribution in [0.15, 0.2) is 42.5 Å². The lowest BCUT2D eigenvalue weighted by atomic mass is 9.48. The van der Waals surface area contributed by atoms with Crippen molar-refractivity contribution in [1.82, 2.24) is 0 Å². The SMILES string of the molecule is C#CC(O)[C@]1(O)CC[C@H]2[C@@H]3CCc4cc(OCCOC5CC5)ccc4C3[C@@H](c3ccc(C4CC4)cc3)C[C@@]21C. The number of fused-ring (bicyclic) bond motifs is 5. The highest BCUT2D eigenvalue weighted by Crippen LogP contribution is 2.68. The van der Waals surface area contributed by atoms with Gasteiger partial charge in [-0.3, -0.25) is 0 Å². The van der Waals surface area contributed by atoms with Crippen LogP contribution >= 0.6 is 0 Å². The van der Waals surface area contributed by atoms with Gasteiger partial charge in [0.2, 0.25) is 0 Å². The number of aliphatic hydroxyl groups is 2. The van der Waals surface area contributed by atoms with Crippen LogP contribution in [0.3, 0.4) is 0 Å². The molecule has 4 fully saturated rings. The molecule has 7 atom stereocenters. The number of hydrogen-bond acceptors (Lipinski definition) is 4. The second-order valence-corrected chi connectivity index (χ2v) is 13.3. The Kier molecular flexibility index (Phi) is 6.34. The van der Waals surface area contributed by atoms with Crippen molar-refractivity contribution in [2.24, 2.45) is 17.3 Å². The van der Waals surface area contributed by atoms with Crippen LogP contribution in [0, 0.1) is 29.6 Å². The van der Waals surface area contributed by atoms with Crippen molar-refractivity contribution in [2.75, 3.05) is 13.2 Å². The maximum Gasteiger partial charge on any atom is 0.143 e. The predicted octanol–water partition coefficient (Wildman–Crippen LogP) is 6.10. The number of hydrogen-bond donors (Lipinski definition) is 2. The molecule has 0 aliphatic heterocycles. The first-order valence-electron chi connectivity index (χ1n) is 15.2.